The number of H-pyrrole nitrogens is 1. The number of carbonyl (C=O) groups is 1. The van der Waals surface area contributed by atoms with E-state index in [1.165, 1.54) is 25.2 Å². The van der Waals surface area contributed by atoms with Crippen LogP contribution in [0.3, 0.4) is 0 Å². The highest BCUT2D eigenvalue weighted by molar-refractivity contribution is 5.94. The normalized spacial score (nSPS) is 15.2. The number of halogens is 3. The average Bonchev–Trinajstić information content (AvgIpc) is 2.77. The summed E-state index contributed by atoms with van der Waals surface area (Å²) in [5.74, 6) is 0.0100. The lowest BCUT2D eigenvalue weighted by molar-refractivity contribution is -0.137. The summed E-state index contributed by atoms with van der Waals surface area (Å²) in [5.41, 5.74) is -1.83. The molecule has 4 rings (SSSR count). The van der Waals surface area contributed by atoms with Gasteiger partial charge in [0, 0.05) is 32.4 Å². The summed E-state index contributed by atoms with van der Waals surface area (Å²) in [6.07, 6.45) is -2.48. The van der Waals surface area contributed by atoms with E-state index in [0.717, 1.165) is 16.8 Å². The van der Waals surface area contributed by atoms with Gasteiger partial charge in [0.05, 0.1) is 10.9 Å². The third-order valence-electron chi connectivity index (χ3n) is 5.42. The van der Waals surface area contributed by atoms with E-state index in [4.69, 9.17) is 0 Å². The first-order valence-electron chi connectivity index (χ1n) is 9.82. The van der Waals surface area contributed by atoms with Crippen molar-refractivity contribution in [3.8, 4) is 0 Å². The summed E-state index contributed by atoms with van der Waals surface area (Å²) >= 11 is 0. The first kappa shape index (κ1) is 21.5. The molecule has 0 spiro atoms. The topological polar surface area (TPSA) is 113 Å². The molecule has 0 bridgehead atoms. The Kier molecular flexibility index (Phi) is 5.45. The molecule has 0 aromatic carbocycles. The molecule has 0 aliphatic carbocycles. The molecule has 2 N–H and O–H groups in total. The molecule has 168 valence electrons. The molecule has 0 unspecified atom stereocenters. The quantitative estimate of drug-likeness (QED) is 0.627. The monoisotopic (exact) mass is 448 g/mol. The number of amides is 1. The second-order valence-electron chi connectivity index (χ2n) is 7.52. The molecule has 1 fully saturated rings. The number of aromatic amines is 1. The molecule has 4 heterocycles. The summed E-state index contributed by atoms with van der Waals surface area (Å²) < 4.78 is 39.2. The second kappa shape index (κ2) is 8.09. The number of aromatic nitrogens is 4. The predicted molar refractivity (Wildman–Crippen MR) is 110 cm³/mol. The summed E-state index contributed by atoms with van der Waals surface area (Å²) in [6.45, 7) is 1.02. The van der Waals surface area contributed by atoms with Crippen LogP contribution in [0, 0.1) is 0 Å². The van der Waals surface area contributed by atoms with E-state index in [0.29, 0.717) is 31.7 Å². The fourth-order valence-electron chi connectivity index (χ4n) is 3.61. The molecular formula is C20H19F3N6O3. The van der Waals surface area contributed by atoms with Gasteiger partial charge in [-0.3, -0.25) is 19.1 Å². The zero-order valence-electron chi connectivity index (χ0n) is 16.9. The van der Waals surface area contributed by atoms with Crippen molar-refractivity contribution in [1.82, 2.24) is 24.8 Å². The third-order valence-corrected chi connectivity index (χ3v) is 5.42. The second-order valence-corrected chi connectivity index (χ2v) is 7.52. The maximum Gasteiger partial charge on any atom is 0.417 e. The number of nitrogens with one attached hydrogen (secondary N) is 2. The summed E-state index contributed by atoms with van der Waals surface area (Å²) in [5, 5.41) is 3.07. The minimum Gasteiger partial charge on any atom is -0.356 e. The Morgan fingerprint density at radius 2 is 1.88 bits per heavy atom. The Morgan fingerprint density at radius 3 is 2.50 bits per heavy atom. The standard InChI is InChI=1S/C20H19F3N6O3/c1-28-16-13(17(30)27-19(28)32)3-4-14(26-16)18(31)25-12-6-8-29(9-7-12)15-5-2-11(10-24-15)20(21,22)23/h2-5,10,12H,6-9H2,1H3,(H,25,31)(H,27,30,32). The van der Waals surface area contributed by atoms with Gasteiger partial charge >= 0.3 is 11.9 Å². The maximum atomic E-state index is 12.7. The minimum absolute atomic E-state index is 0.0740. The number of rotatable bonds is 3. The first-order chi connectivity index (χ1) is 15.1. The van der Waals surface area contributed by atoms with Crippen molar-refractivity contribution in [2.24, 2.45) is 7.05 Å². The lowest BCUT2D eigenvalue weighted by Crippen LogP contribution is -2.45. The van der Waals surface area contributed by atoms with Crippen LogP contribution in [-0.4, -0.2) is 44.6 Å². The van der Waals surface area contributed by atoms with E-state index in [2.05, 4.69) is 20.3 Å². The molecule has 1 amide bonds. The molecule has 9 nitrogen and oxygen atoms in total. The van der Waals surface area contributed by atoms with Gasteiger partial charge in [0.1, 0.15) is 17.2 Å². The Hall–Kier alpha value is -3.70. The molecular weight excluding hydrogens is 429 g/mol. The van der Waals surface area contributed by atoms with Crippen LogP contribution in [0.5, 0.6) is 0 Å². The predicted octanol–water partition coefficient (Wildman–Crippen LogP) is 1.43. The molecule has 1 aliphatic heterocycles. The van der Waals surface area contributed by atoms with Crippen molar-refractivity contribution < 1.29 is 18.0 Å². The van der Waals surface area contributed by atoms with Crippen LogP contribution in [0.25, 0.3) is 11.0 Å². The van der Waals surface area contributed by atoms with Gasteiger partial charge in [-0.05, 0) is 37.1 Å². The number of carbonyl (C=O) groups excluding carboxylic acids is 1. The Morgan fingerprint density at radius 1 is 1.16 bits per heavy atom. The van der Waals surface area contributed by atoms with Gasteiger partial charge in [-0.15, -0.1) is 0 Å². The first-order valence-corrected chi connectivity index (χ1v) is 9.82. The van der Waals surface area contributed by atoms with E-state index in [-0.39, 0.29) is 22.8 Å². The molecule has 0 radical (unpaired) electrons. The Labute approximate surface area is 178 Å². The van der Waals surface area contributed by atoms with Crippen LogP contribution in [0.2, 0.25) is 0 Å². The maximum absolute atomic E-state index is 12.7. The highest BCUT2D eigenvalue weighted by Gasteiger charge is 2.31. The number of pyridine rings is 2. The molecule has 3 aromatic rings. The smallest absolute Gasteiger partial charge is 0.356 e. The van der Waals surface area contributed by atoms with E-state index in [9.17, 15) is 27.6 Å². The van der Waals surface area contributed by atoms with Gasteiger partial charge in [-0.1, -0.05) is 0 Å². The summed E-state index contributed by atoms with van der Waals surface area (Å²) in [6, 6.07) is 5.04. The number of aryl methyl sites for hydroxylation is 1. The fraction of sp³-hybridized carbons (Fsp3) is 0.350. The zero-order valence-corrected chi connectivity index (χ0v) is 16.9. The van der Waals surface area contributed by atoms with Gasteiger partial charge in [-0.25, -0.2) is 14.8 Å². The average molecular weight is 448 g/mol. The van der Waals surface area contributed by atoms with Crippen LogP contribution < -0.4 is 21.5 Å². The van der Waals surface area contributed by atoms with Crippen molar-refractivity contribution in [3.63, 3.8) is 0 Å². The van der Waals surface area contributed by atoms with Gasteiger partial charge in [0.25, 0.3) is 11.5 Å². The van der Waals surface area contributed by atoms with Crippen molar-refractivity contribution in [2.75, 3.05) is 18.0 Å². The van der Waals surface area contributed by atoms with Gasteiger partial charge in [0.15, 0.2) is 0 Å². The Bertz CT molecular complexity index is 1270. The van der Waals surface area contributed by atoms with Crippen molar-refractivity contribution >= 4 is 22.8 Å². The van der Waals surface area contributed by atoms with Crippen molar-refractivity contribution in [1.29, 1.82) is 0 Å². The number of hydrogen-bond donors (Lipinski definition) is 2. The number of hydrogen-bond acceptors (Lipinski definition) is 6. The summed E-state index contributed by atoms with van der Waals surface area (Å²) in [4.78, 5) is 48.4. The lowest BCUT2D eigenvalue weighted by Gasteiger charge is -2.33. The molecule has 3 aromatic heterocycles. The van der Waals surface area contributed by atoms with Crippen LogP contribution in [0.1, 0.15) is 28.9 Å². The number of fused-ring (bicyclic) bond motifs is 1. The van der Waals surface area contributed by atoms with Crippen molar-refractivity contribution in [2.45, 2.75) is 25.1 Å². The third kappa shape index (κ3) is 4.20. The van der Waals surface area contributed by atoms with Crippen molar-refractivity contribution in [3.05, 3.63) is 62.6 Å². The highest BCUT2D eigenvalue weighted by Crippen LogP contribution is 2.29. The van der Waals surface area contributed by atoms with Gasteiger partial charge in [-0.2, -0.15) is 13.2 Å². The van der Waals surface area contributed by atoms with Crippen LogP contribution in [0.15, 0.2) is 40.1 Å². The van der Waals surface area contributed by atoms with E-state index in [1.807, 2.05) is 4.90 Å². The number of piperidine rings is 1. The lowest BCUT2D eigenvalue weighted by atomic mass is 10.0. The number of anilines is 1. The number of nitrogens with zero attached hydrogens (tertiary/aromatic N) is 4. The van der Waals surface area contributed by atoms with E-state index >= 15 is 0 Å². The fourth-order valence-corrected chi connectivity index (χ4v) is 3.61. The SMILES string of the molecule is Cn1c(=O)[nH]c(=O)c2ccc(C(=O)NC3CCN(c4ccc(C(F)(F)F)cn4)CC3)nc21. The molecule has 12 heteroatoms. The molecule has 0 atom stereocenters. The van der Waals surface area contributed by atoms with Crippen LogP contribution in [0.4, 0.5) is 19.0 Å². The highest BCUT2D eigenvalue weighted by atomic mass is 19.4. The Balaban J connectivity index is 1.41. The van der Waals surface area contributed by atoms with Gasteiger partial charge in [0.2, 0.25) is 0 Å². The van der Waals surface area contributed by atoms with E-state index in [1.54, 1.807) is 0 Å². The summed E-state index contributed by atoms with van der Waals surface area (Å²) in [7, 11) is 1.44. The minimum atomic E-state index is -4.43. The molecule has 1 saturated heterocycles. The van der Waals surface area contributed by atoms with Crippen LogP contribution in [-0.2, 0) is 13.2 Å². The number of alkyl halides is 3. The molecule has 1 aliphatic rings. The van der Waals surface area contributed by atoms with Crippen LogP contribution >= 0.6 is 0 Å². The zero-order chi connectivity index (χ0) is 23.0. The largest absolute Gasteiger partial charge is 0.417 e. The van der Waals surface area contributed by atoms with E-state index < -0.39 is 28.9 Å². The molecule has 0 saturated carbocycles. The van der Waals surface area contributed by atoms with Gasteiger partial charge < -0.3 is 10.2 Å². The molecule has 32 heavy (non-hydrogen) atoms.